The molecule has 0 saturated heterocycles. The molecule has 0 heterocycles. The predicted molar refractivity (Wildman–Crippen MR) is 90.6 cm³/mol. The number of nitrogens with one attached hydrogen (secondary N) is 1. The van der Waals surface area contributed by atoms with Crippen LogP contribution in [0.15, 0.2) is 53.4 Å². The molecule has 2 aromatic carbocycles. The first-order chi connectivity index (χ1) is 10.4. The van der Waals surface area contributed by atoms with E-state index in [1.54, 1.807) is 36.4 Å². The molecule has 0 aliphatic carbocycles. The summed E-state index contributed by atoms with van der Waals surface area (Å²) in [4.78, 5) is 0.285. The minimum atomic E-state index is -3.54. The van der Waals surface area contributed by atoms with Crippen molar-refractivity contribution in [2.45, 2.75) is 37.6 Å². The molecule has 0 radical (unpaired) electrons. The Morgan fingerprint density at radius 1 is 1.05 bits per heavy atom. The van der Waals surface area contributed by atoms with E-state index in [4.69, 9.17) is 11.6 Å². The molecular weight excluding hydrogens is 318 g/mol. The van der Waals surface area contributed by atoms with Crippen molar-refractivity contribution in [3.63, 3.8) is 0 Å². The largest absolute Gasteiger partial charge is 0.241 e. The minimum absolute atomic E-state index is 0.256. The van der Waals surface area contributed by atoms with Crippen LogP contribution in [-0.4, -0.2) is 8.42 Å². The Hall–Kier alpha value is -1.36. The summed E-state index contributed by atoms with van der Waals surface area (Å²) in [6.07, 6.45) is 1.61. The molecule has 118 valence electrons. The summed E-state index contributed by atoms with van der Waals surface area (Å²) in [5, 5.41) is 0.639. The molecular formula is C17H20ClNO2S. The van der Waals surface area contributed by atoms with Gasteiger partial charge in [-0.25, -0.2) is 13.1 Å². The molecule has 2 rings (SSSR count). The zero-order valence-electron chi connectivity index (χ0n) is 12.7. The van der Waals surface area contributed by atoms with Crippen molar-refractivity contribution in [1.29, 1.82) is 0 Å². The maximum atomic E-state index is 12.5. The van der Waals surface area contributed by atoms with Gasteiger partial charge >= 0.3 is 0 Å². The lowest BCUT2D eigenvalue weighted by Gasteiger charge is -2.19. The van der Waals surface area contributed by atoms with Crippen LogP contribution in [0.1, 0.15) is 36.9 Å². The van der Waals surface area contributed by atoms with Crippen LogP contribution >= 0.6 is 11.6 Å². The van der Waals surface area contributed by atoms with Crippen molar-refractivity contribution < 1.29 is 8.42 Å². The Labute approximate surface area is 137 Å². The number of halogens is 1. The quantitative estimate of drug-likeness (QED) is 0.845. The number of benzene rings is 2. The van der Waals surface area contributed by atoms with Gasteiger partial charge in [-0.1, -0.05) is 54.8 Å². The molecule has 0 fully saturated rings. The molecule has 0 aliphatic rings. The van der Waals surface area contributed by atoms with Gasteiger partial charge in [0.05, 0.1) is 4.90 Å². The Balaban J connectivity index is 2.26. The summed E-state index contributed by atoms with van der Waals surface area (Å²) < 4.78 is 27.9. The molecule has 1 unspecified atom stereocenters. The van der Waals surface area contributed by atoms with Crippen LogP contribution < -0.4 is 4.72 Å². The molecule has 0 aliphatic heterocycles. The standard InChI is InChI=1S/C17H20ClNO2S/c1-3-4-17(14-7-9-15(18)10-8-14)19-22(20,21)16-11-5-13(2)6-12-16/h5-12,17,19H,3-4H2,1-2H3. The molecule has 0 bridgehead atoms. The van der Waals surface area contributed by atoms with Crippen molar-refractivity contribution in [2.75, 3.05) is 0 Å². The molecule has 5 heteroatoms. The fourth-order valence-electron chi connectivity index (χ4n) is 2.25. The number of hydrogen-bond acceptors (Lipinski definition) is 2. The summed E-state index contributed by atoms with van der Waals surface area (Å²) in [7, 11) is -3.54. The summed E-state index contributed by atoms with van der Waals surface area (Å²) in [5.41, 5.74) is 1.95. The molecule has 0 amide bonds. The average molecular weight is 338 g/mol. The van der Waals surface area contributed by atoms with E-state index in [9.17, 15) is 8.42 Å². The Bertz CT molecular complexity index is 709. The van der Waals surface area contributed by atoms with Crippen molar-refractivity contribution in [1.82, 2.24) is 4.72 Å². The van der Waals surface area contributed by atoms with Crippen LogP contribution in [0, 0.1) is 6.92 Å². The van der Waals surface area contributed by atoms with Crippen LogP contribution in [0.3, 0.4) is 0 Å². The van der Waals surface area contributed by atoms with Crippen LogP contribution in [0.2, 0.25) is 5.02 Å². The molecule has 1 N–H and O–H groups in total. The molecule has 0 saturated carbocycles. The highest BCUT2D eigenvalue weighted by molar-refractivity contribution is 7.89. The van der Waals surface area contributed by atoms with Crippen LogP contribution in [0.5, 0.6) is 0 Å². The van der Waals surface area contributed by atoms with E-state index in [-0.39, 0.29) is 10.9 Å². The van der Waals surface area contributed by atoms with Gasteiger partial charge in [-0.15, -0.1) is 0 Å². The maximum Gasteiger partial charge on any atom is 0.241 e. The number of rotatable bonds is 6. The first-order valence-corrected chi connectivity index (χ1v) is 9.13. The molecule has 2 aromatic rings. The second-order valence-corrected chi connectivity index (χ2v) is 7.48. The highest BCUT2D eigenvalue weighted by Gasteiger charge is 2.20. The smallest absolute Gasteiger partial charge is 0.207 e. The third kappa shape index (κ3) is 4.32. The summed E-state index contributed by atoms with van der Waals surface area (Å²) >= 11 is 5.90. The number of aryl methyl sites for hydroxylation is 1. The van der Waals surface area contributed by atoms with Gasteiger partial charge in [0.2, 0.25) is 10.0 Å². The number of hydrogen-bond donors (Lipinski definition) is 1. The summed E-state index contributed by atoms with van der Waals surface area (Å²) in [5.74, 6) is 0. The van der Waals surface area contributed by atoms with E-state index in [0.29, 0.717) is 5.02 Å². The molecule has 1 atom stereocenters. The normalized spacial score (nSPS) is 13.0. The van der Waals surface area contributed by atoms with E-state index in [2.05, 4.69) is 4.72 Å². The summed E-state index contributed by atoms with van der Waals surface area (Å²) in [6, 6.07) is 13.9. The van der Waals surface area contributed by atoms with E-state index in [1.807, 2.05) is 26.0 Å². The lowest BCUT2D eigenvalue weighted by Crippen LogP contribution is -2.28. The fourth-order valence-corrected chi connectivity index (χ4v) is 3.64. The van der Waals surface area contributed by atoms with E-state index >= 15 is 0 Å². The van der Waals surface area contributed by atoms with Gasteiger partial charge in [0, 0.05) is 11.1 Å². The van der Waals surface area contributed by atoms with E-state index in [0.717, 1.165) is 24.0 Å². The third-order valence-electron chi connectivity index (χ3n) is 3.48. The lowest BCUT2D eigenvalue weighted by atomic mass is 10.0. The lowest BCUT2D eigenvalue weighted by molar-refractivity contribution is 0.536. The van der Waals surface area contributed by atoms with Gasteiger partial charge in [-0.05, 0) is 43.2 Å². The monoisotopic (exact) mass is 337 g/mol. The van der Waals surface area contributed by atoms with Gasteiger partial charge in [0.25, 0.3) is 0 Å². The SMILES string of the molecule is CCCC(NS(=O)(=O)c1ccc(C)cc1)c1ccc(Cl)cc1. The van der Waals surface area contributed by atoms with E-state index in [1.165, 1.54) is 0 Å². The molecule has 22 heavy (non-hydrogen) atoms. The first kappa shape index (κ1) is 17.0. The Kier molecular flexibility index (Phi) is 5.62. The minimum Gasteiger partial charge on any atom is -0.207 e. The zero-order chi connectivity index (χ0) is 16.2. The topological polar surface area (TPSA) is 46.2 Å². The van der Waals surface area contributed by atoms with Gasteiger partial charge in [0.1, 0.15) is 0 Å². The van der Waals surface area contributed by atoms with Gasteiger partial charge < -0.3 is 0 Å². The van der Waals surface area contributed by atoms with Crippen molar-refractivity contribution in [2.24, 2.45) is 0 Å². The van der Waals surface area contributed by atoms with Crippen molar-refractivity contribution in [3.05, 3.63) is 64.7 Å². The predicted octanol–water partition coefficient (Wildman–Crippen LogP) is 4.47. The van der Waals surface area contributed by atoms with Gasteiger partial charge in [0.15, 0.2) is 0 Å². The first-order valence-electron chi connectivity index (χ1n) is 7.27. The van der Waals surface area contributed by atoms with Gasteiger partial charge in [-0.3, -0.25) is 0 Å². The van der Waals surface area contributed by atoms with Crippen molar-refractivity contribution >= 4 is 21.6 Å². The molecule has 0 aromatic heterocycles. The molecule has 3 nitrogen and oxygen atoms in total. The average Bonchev–Trinajstić information content (AvgIpc) is 2.48. The molecule has 0 spiro atoms. The second kappa shape index (κ2) is 7.27. The van der Waals surface area contributed by atoms with Crippen LogP contribution in [-0.2, 0) is 10.0 Å². The number of sulfonamides is 1. The Morgan fingerprint density at radius 3 is 2.18 bits per heavy atom. The van der Waals surface area contributed by atoms with Crippen LogP contribution in [0.25, 0.3) is 0 Å². The highest BCUT2D eigenvalue weighted by atomic mass is 35.5. The second-order valence-electron chi connectivity index (χ2n) is 5.33. The fraction of sp³-hybridized carbons (Fsp3) is 0.294. The third-order valence-corrected chi connectivity index (χ3v) is 5.22. The summed E-state index contributed by atoms with van der Waals surface area (Å²) in [6.45, 7) is 3.96. The van der Waals surface area contributed by atoms with Gasteiger partial charge in [-0.2, -0.15) is 0 Å². The Morgan fingerprint density at radius 2 is 1.64 bits per heavy atom. The zero-order valence-corrected chi connectivity index (χ0v) is 14.3. The van der Waals surface area contributed by atoms with Crippen LogP contribution in [0.4, 0.5) is 0 Å². The maximum absolute atomic E-state index is 12.5. The highest BCUT2D eigenvalue weighted by Crippen LogP contribution is 2.23. The van der Waals surface area contributed by atoms with Crippen molar-refractivity contribution in [3.8, 4) is 0 Å². The van der Waals surface area contributed by atoms with E-state index < -0.39 is 10.0 Å².